The zero-order chi connectivity index (χ0) is 12.4. The van der Waals surface area contributed by atoms with E-state index in [1.807, 2.05) is 6.07 Å². The number of carbonyl (C=O) groups excluding carboxylic acids is 1. The molecule has 3 heteroatoms. The number of rotatable bonds is 2. The molecule has 0 unspecified atom stereocenters. The molecule has 0 aromatic heterocycles. The number of hydrogen-bond donors (Lipinski definition) is 0. The molecule has 2 aromatic carbocycles. The van der Waals surface area contributed by atoms with Crippen LogP contribution in [-0.2, 0) is 0 Å². The first-order valence-electron chi connectivity index (χ1n) is 5.15. The number of benzene rings is 2. The molecule has 0 spiro atoms. The second-order valence-electron chi connectivity index (χ2n) is 3.77. The first-order valence-corrected chi connectivity index (χ1v) is 5.94. The fourth-order valence-electron chi connectivity index (χ4n) is 1.53. The maximum absolute atomic E-state index is 13.4. The average Bonchev–Trinajstić information content (AvgIpc) is 2.32. The van der Waals surface area contributed by atoms with Crippen LogP contribution in [0, 0.1) is 12.7 Å². The lowest BCUT2D eigenvalue weighted by Crippen LogP contribution is -2.03. The minimum Gasteiger partial charge on any atom is -0.289 e. The highest BCUT2D eigenvalue weighted by Gasteiger charge is 2.13. The van der Waals surface area contributed by atoms with E-state index in [1.54, 1.807) is 37.3 Å². The average molecular weight is 293 g/mol. The number of hydrogen-bond acceptors (Lipinski definition) is 1. The second kappa shape index (κ2) is 4.80. The summed E-state index contributed by atoms with van der Waals surface area (Å²) in [6.07, 6.45) is 0. The van der Waals surface area contributed by atoms with Crippen molar-refractivity contribution in [3.05, 3.63) is 69.4 Å². The van der Waals surface area contributed by atoms with Gasteiger partial charge in [-0.25, -0.2) is 4.39 Å². The van der Waals surface area contributed by atoms with E-state index in [0.717, 1.165) is 0 Å². The van der Waals surface area contributed by atoms with Gasteiger partial charge in [0.15, 0.2) is 5.78 Å². The van der Waals surface area contributed by atoms with E-state index in [-0.39, 0.29) is 11.6 Å². The molecule has 0 saturated carbocycles. The van der Waals surface area contributed by atoms with E-state index in [9.17, 15) is 9.18 Å². The summed E-state index contributed by atoms with van der Waals surface area (Å²) in [4.78, 5) is 12.1. The molecule has 0 N–H and O–H groups in total. The summed E-state index contributed by atoms with van der Waals surface area (Å²) in [5.41, 5.74) is 1.43. The molecule has 0 fully saturated rings. The lowest BCUT2D eigenvalue weighted by atomic mass is 10.0. The molecule has 0 radical (unpaired) electrons. The number of aryl methyl sites for hydroxylation is 1. The molecule has 1 nitrogen and oxygen atoms in total. The van der Waals surface area contributed by atoms with Gasteiger partial charge in [0.25, 0.3) is 0 Å². The van der Waals surface area contributed by atoms with Crippen LogP contribution < -0.4 is 0 Å². The van der Waals surface area contributed by atoms with Crippen LogP contribution in [-0.4, -0.2) is 5.78 Å². The van der Waals surface area contributed by atoms with E-state index in [0.29, 0.717) is 21.2 Å². The van der Waals surface area contributed by atoms with E-state index in [2.05, 4.69) is 15.9 Å². The Morgan fingerprint density at radius 1 is 1.18 bits per heavy atom. The fourth-order valence-corrected chi connectivity index (χ4v) is 2.00. The van der Waals surface area contributed by atoms with Crippen LogP contribution in [0.15, 0.2) is 46.9 Å². The molecule has 86 valence electrons. The lowest BCUT2D eigenvalue weighted by Gasteiger charge is -2.04. The van der Waals surface area contributed by atoms with Gasteiger partial charge in [0, 0.05) is 15.6 Å². The van der Waals surface area contributed by atoms with Crippen molar-refractivity contribution in [3.8, 4) is 0 Å². The molecule has 2 aromatic rings. The van der Waals surface area contributed by atoms with Crippen LogP contribution in [0.2, 0.25) is 0 Å². The third-order valence-corrected chi connectivity index (χ3v) is 3.24. The van der Waals surface area contributed by atoms with Gasteiger partial charge in [0.1, 0.15) is 5.82 Å². The number of halogens is 2. The maximum atomic E-state index is 13.4. The molecule has 0 amide bonds. The number of ketones is 1. The first kappa shape index (κ1) is 12.0. The smallest absolute Gasteiger partial charge is 0.194 e. The zero-order valence-electron chi connectivity index (χ0n) is 9.21. The molecule has 17 heavy (non-hydrogen) atoms. The van der Waals surface area contributed by atoms with Crippen LogP contribution in [0.5, 0.6) is 0 Å². The quantitative estimate of drug-likeness (QED) is 0.761. The van der Waals surface area contributed by atoms with Crippen molar-refractivity contribution in [1.82, 2.24) is 0 Å². The van der Waals surface area contributed by atoms with Gasteiger partial charge in [-0.15, -0.1) is 0 Å². The Kier molecular flexibility index (Phi) is 3.38. The van der Waals surface area contributed by atoms with Gasteiger partial charge in [-0.3, -0.25) is 4.79 Å². The molecular weight excluding hydrogens is 283 g/mol. The first-order chi connectivity index (χ1) is 8.09. The Morgan fingerprint density at radius 3 is 2.53 bits per heavy atom. The molecular formula is C14H10BrFO. The van der Waals surface area contributed by atoms with Gasteiger partial charge in [-0.2, -0.15) is 0 Å². The predicted molar refractivity (Wildman–Crippen MR) is 68.7 cm³/mol. The van der Waals surface area contributed by atoms with Crippen molar-refractivity contribution in [3.63, 3.8) is 0 Å². The Bertz CT molecular complexity index is 578. The van der Waals surface area contributed by atoms with E-state index < -0.39 is 0 Å². The van der Waals surface area contributed by atoms with Crippen molar-refractivity contribution in [2.75, 3.05) is 0 Å². The number of carbonyl (C=O) groups is 1. The topological polar surface area (TPSA) is 17.1 Å². The highest BCUT2D eigenvalue weighted by molar-refractivity contribution is 9.10. The van der Waals surface area contributed by atoms with Crippen LogP contribution in [0.1, 0.15) is 21.5 Å². The molecule has 0 bridgehead atoms. The van der Waals surface area contributed by atoms with Gasteiger partial charge < -0.3 is 0 Å². The SMILES string of the molecule is Cc1ccc(C(=O)c2ccccc2Br)cc1F. The van der Waals surface area contributed by atoms with Crippen LogP contribution in [0.3, 0.4) is 0 Å². The third-order valence-electron chi connectivity index (χ3n) is 2.55. The lowest BCUT2D eigenvalue weighted by molar-refractivity contribution is 0.103. The normalized spacial score (nSPS) is 10.3. The summed E-state index contributed by atoms with van der Waals surface area (Å²) in [5, 5.41) is 0. The summed E-state index contributed by atoms with van der Waals surface area (Å²) in [6, 6.07) is 11.6. The van der Waals surface area contributed by atoms with E-state index in [1.165, 1.54) is 6.07 Å². The van der Waals surface area contributed by atoms with Gasteiger partial charge in [0.2, 0.25) is 0 Å². The van der Waals surface area contributed by atoms with Crippen LogP contribution >= 0.6 is 15.9 Å². The molecule has 0 aliphatic rings. The van der Waals surface area contributed by atoms with Gasteiger partial charge in [0.05, 0.1) is 0 Å². The highest BCUT2D eigenvalue weighted by Crippen LogP contribution is 2.20. The standard InChI is InChI=1S/C14H10BrFO/c1-9-6-7-10(8-13(9)16)14(17)11-4-2-3-5-12(11)15/h2-8H,1H3. The molecule has 0 aliphatic carbocycles. The zero-order valence-corrected chi connectivity index (χ0v) is 10.8. The van der Waals surface area contributed by atoms with Crippen LogP contribution in [0.4, 0.5) is 4.39 Å². The molecule has 0 aliphatic heterocycles. The van der Waals surface area contributed by atoms with Crippen molar-refractivity contribution in [1.29, 1.82) is 0 Å². The predicted octanol–water partition coefficient (Wildman–Crippen LogP) is 4.13. The molecule has 0 saturated heterocycles. The van der Waals surface area contributed by atoms with E-state index >= 15 is 0 Å². The van der Waals surface area contributed by atoms with Crippen molar-refractivity contribution in [2.24, 2.45) is 0 Å². The Hall–Kier alpha value is -1.48. The summed E-state index contributed by atoms with van der Waals surface area (Å²) >= 11 is 3.31. The summed E-state index contributed by atoms with van der Waals surface area (Å²) in [5.74, 6) is -0.542. The van der Waals surface area contributed by atoms with Gasteiger partial charge in [-0.05, 0) is 30.7 Å². The molecule has 0 atom stereocenters. The Morgan fingerprint density at radius 2 is 1.88 bits per heavy atom. The maximum Gasteiger partial charge on any atom is 0.194 e. The minimum absolute atomic E-state index is 0.184. The van der Waals surface area contributed by atoms with Crippen molar-refractivity contribution >= 4 is 21.7 Å². The van der Waals surface area contributed by atoms with Crippen LogP contribution in [0.25, 0.3) is 0 Å². The Balaban J connectivity index is 2.44. The summed E-state index contributed by atoms with van der Waals surface area (Å²) in [7, 11) is 0. The molecule has 0 heterocycles. The minimum atomic E-state index is -0.358. The summed E-state index contributed by atoms with van der Waals surface area (Å²) < 4.78 is 14.1. The highest BCUT2D eigenvalue weighted by atomic mass is 79.9. The second-order valence-corrected chi connectivity index (χ2v) is 4.63. The largest absolute Gasteiger partial charge is 0.289 e. The summed E-state index contributed by atoms with van der Waals surface area (Å²) in [6.45, 7) is 1.67. The van der Waals surface area contributed by atoms with E-state index in [4.69, 9.17) is 0 Å². The van der Waals surface area contributed by atoms with Crippen molar-refractivity contribution in [2.45, 2.75) is 6.92 Å². The van der Waals surface area contributed by atoms with Gasteiger partial charge in [-0.1, -0.05) is 40.2 Å². The van der Waals surface area contributed by atoms with Gasteiger partial charge >= 0.3 is 0 Å². The fraction of sp³-hybridized carbons (Fsp3) is 0.0714. The van der Waals surface area contributed by atoms with Crippen molar-refractivity contribution < 1.29 is 9.18 Å². The Labute approximate surface area is 107 Å². The third kappa shape index (κ3) is 2.44. The molecule has 2 rings (SSSR count). The monoisotopic (exact) mass is 292 g/mol.